The zero-order chi connectivity index (χ0) is 14.0. The SMILES string of the molecule is Cc1nc(NN)c(C)c(N(C)C(C)c2cccs2)n1. The third-order valence-corrected chi connectivity index (χ3v) is 4.28. The van der Waals surface area contributed by atoms with Gasteiger partial charge in [-0.25, -0.2) is 15.8 Å². The summed E-state index contributed by atoms with van der Waals surface area (Å²) >= 11 is 1.75. The van der Waals surface area contributed by atoms with Crippen LogP contribution in [-0.4, -0.2) is 17.0 Å². The molecule has 0 aliphatic carbocycles. The minimum atomic E-state index is 0.263. The highest BCUT2D eigenvalue weighted by atomic mass is 32.1. The molecule has 1 unspecified atom stereocenters. The number of nitrogen functional groups attached to an aromatic ring is 1. The molecule has 6 heteroatoms. The smallest absolute Gasteiger partial charge is 0.148 e. The van der Waals surface area contributed by atoms with Gasteiger partial charge >= 0.3 is 0 Å². The maximum absolute atomic E-state index is 5.50. The van der Waals surface area contributed by atoms with Crippen LogP contribution in [0.4, 0.5) is 11.6 Å². The van der Waals surface area contributed by atoms with E-state index in [9.17, 15) is 0 Å². The molecule has 1 atom stereocenters. The molecule has 0 fully saturated rings. The number of rotatable bonds is 4. The van der Waals surface area contributed by atoms with Crippen LogP contribution in [0.5, 0.6) is 0 Å². The zero-order valence-corrected chi connectivity index (χ0v) is 12.5. The van der Waals surface area contributed by atoms with Crippen LogP contribution in [0, 0.1) is 13.8 Å². The molecule has 0 bridgehead atoms. The minimum Gasteiger partial charge on any atom is -0.352 e. The first kappa shape index (κ1) is 13.8. The fourth-order valence-electron chi connectivity index (χ4n) is 2.00. The van der Waals surface area contributed by atoms with E-state index in [0.717, 1.165) is 11.4 Å². The summed E-state index contributed by atoms with van der Waals surface area (Å²) in [6.07, 6.45) is 0. The van der Waals surface area contributed by atoms with Crippen LogP contribution >= 0.6 is 11.3 Å². The van der Waals surface area contributed by atoms with E-state index < -0.39 is 0 Å². The Bertz CT molecular complexity index is 552. The molecule has 0 radical (unpaired) electrons. The molecule has 0 saturated carbocycles. The number of hydrazine groups is 1. The Kier molecular flexibility index (Phi) is 4.01. The van der Waals surface area contributed by atoms with Gasteiger partial charge in [0.05, 0.1) is 6.04 Å². The van der Waals surface area contributed by atoms with Crippen molar-refractivity contribution in [3.63, 3.8) is 0 Å². The first-order valence-corrected chi connectivity index (χ1v) is 7.00. The molecule has 0 aromatic carbocycles. The van der Waals surface area contributed by atoms with E-state index >= 15 is 0 Å². The summed E-state index contributed by atoms with van der Waals surface area (Å²) in [4.78, 5) is 12.3. The minimum absolute atomic E-state index is 0.263. The van der Waals surface area contributed by atoms with Crippen LogP contribution in [0.15, 0.2) is 17.5 Å². The Hall–Kier alpha value is -1.66. The lowest BCUT2D eigenvalue weighted by atomic mass is 10.2. The summed E-state index contributed by atoms with van der Waals surface area (Å²) < 4.78 is 0. The Morgan fingerprint density at radius 2 is 2.11 bits per heavy atom. The molecule has 5 nitrogen and oxygen atoms in total. The number of thiophene rings is 1. The molecular formula is C13H19N5S. The van der Waals surface area contributed by atoms with Crippen molar-refractivity contribution in [1.82, 2.24) is 9.97 Å². The normalized spacial score (nSPS) is 12.3. The third-order valence-electron chi connectivity index (χ3n) is 3.24. The third kappa shape index (κ3) is 2.69. The number of aryl methyl sites for hydroxylation is 1. The Labute approximate surface area is 117 Å². The lowest BCUT2D eigenvalue weighted by Gasteiger charge is -2.27. The van der Waals surface area contributed by atoms with Crippen molar-refractivity contribution < 1.29 is 0 Å². The average molecular weight is 277 g/mol. The Morgan fingerprint density at radius 1 is 1.37 bits per heavy atom. The number of hydrogen-bond acceptors (Lipinski definition) is 6. The largest absolute Gasteiger partial charge is 0.352 e. The first-order chi connectivity index (χ1) is 9.04. The molecule has 0 aliphatic heterocycles. The second-order valence-corrected chi connectivity index (χ2v) is 5.49. The van der Waals surface area contributed by atoms with Crippen molar-refractivity contribution in [3.8, 4) is 0 Å². The molecule has 102 valence electrons. The van der Waals surface area contributed by atoms with Gasteiger partial charge in [-0.05, 0) is 32.2 Å². The van der Waals surface area contributed by atoms with Crippen molar-refractivity contribution in [3.05, 3.63) is 33.8 Å². The van der Waals surface area contributed by atoms with E-state index in [4.69, 9.17) is 5.84 Å². The summed E-state index contributed by atoms with van der Waals surface area (Å²) in [5, 5.41) is 2.09. The quantitative estimate of drug-likeness (QED) is 0.664. The van der Waals surface area contributed by atoms with Crippen molar-refractivity contribution in [1.29, 1.82) is 0 Å². The van der Waals surface area contributed by atoms with Crippen LogP contribution in [-0.2, 0) is 0 Å². The van der Waals surface area contributed by atoms with Gasteiger partial charge in [0.15, 0.2) is 0 Å². The van der Waals surface area contributed by atoms with Gasteiger partial charge in [0.1, 0.15) is 17.5 Å². The van der Waals surface area contributed by atoms with Crippen molar-refractivity contribution in [2.45, 2.75) is 26.8 Å². The summed E-state index contributed by atoms with van der Waals surface area (Å²) in [6, 6.07) is 4.46. The lowest BCUT2D eigenvalue weighted by molar-refractivity contribution is 0.734. The standard InChI is InChI=1S/C13H19N5S/c1-8-12(17-14)15-10(3)16-13(8)18(4)9(2)11-6-5-7-19-11/h5-7,9H,14H2,1-4H3,(H,15,16,17). The molecule has 0 saturated heterocycles. The molecular weight excluding hydrogens is 258 g/mol. The maximum Gasteiger partial charge on any atom is 0.148 e. The molecule has 0 aliphatic rings. The van der Waals surface area contributed by atoms with E-state index in [1.165, 1.54) is 4.88 Å². The van der Waals surface area contributed by atoms with Gasteiger partial charge in [-0.1, -0.05) is 6.07 Å². The van der Waals surface area contributed by atoms with Gasteiger partial charge < -0.3 is 10.3 Å². The zero-order valence-electron chi connectivity index (χ0n) is 11.6. The molecule has 3 N–H and O–H groups in total. The summed E-state index contributed by atoms with van der Waals surface area (Å²) in [7, 11) is 2.04. The van der Waals surface area contributed by atoms with E-state index in [2.05, 4.69) is 44.7 Å². The fraction of sp³-hybridized carbons (Fsp3) is 0.385. The topological polar surface area (TPSA) is 67.1 Å². The second-order valence-electron chi connectivity index (χ2n) is 4.51. The van der Waals surface area contributed by atoms with Crippen LogP contribution in [0.2, 0.25) is 0 Å². The highest BCUT2D eigenvalue weighted by molar-refractivity contribution is 7.10. The highest BCUT2D eigenvalue weighted by Gasteiger charge is 2.18. The van der Waals surface area contributed by atoms with E-state index in [1.54, 1.807) is 11.3 Å². The molecule has 2 rings (SSSR count). The van der Waals surface area contributed by atoms with Crippen molar-refractivity contribution in [2.75, 3.05) is 17.4 Å². The van der Waals surface area contributed by atoms with Crippen LogP contribution < -0.4 is 16.2 Å². The molecule has 19 heavy (non-hydrogen) atoms. The van der Waals surface area contributed by atoms with E-state index in [1.807, 2.05) is 20.9 Å². The van der Waals surface area contributed by atoms with Gasteiger partial charge in [0.25, 0.3) is 0 Å². The Balaban J connectivity index is 2.38. The molecule has 2 heterocycles. The fourth-order valence-corrected chi connectivity index (χ4v) is 2.83. The van der Waals surface area contributed by atoms with Crippen LogP contribution in [0.1, 0.15) is 29.2 Å². The number of anilines is 2. The van der Waals surface area contributed by atoms with Gasteiger partial charge in [-0.3, -0.25) is 0 Å². The number of nitrogens with zero attached hydrogens (tertiary/aromatic N) is 3. The highest BCUT2D eigenvalue weighted by Crippen LogP contribution is 2.30. The number of nitrogens with two attached hydrogens (primary N) is 1. The van der Waals surface area contributed by atoms with Gasteiger partial charge in [0, 0.05) is 17.5 Å². The average Bonchev–Trinajstić information content (AvgIpc) is 2.93. The van der Waals surface area contributed by atoms with Gasteiger partial charge in [-0.2, -0.15) is 0 Å². The predicted molar refractivity (Wildman–Crippen MR) is 80.5 cm³/mol. The van der Waals surface area contributed by atoms with Gasteiger partial charge in [-0.15, -0.1) is 11.3 Å². The van der Waals surface area contributed by atoms with Gasteiger partial charge in [0.2, 0.25) is 0 Å². The molecule has 2 aromatic heterocycles. The number of hydrogen-bond donors (Lipinski definition) is 2. The number of nitrogens with one attached hydrogen (secondary N) is 1. The number of aromatic nitrogens is 2. The molecule has 2 aromatic rings. The Morgan fingerprint density at radius 3 is 2.68 bits per heavy atom. The van der Waals surface area contributed by atoms with Crippen molar-refractivity contribution >= 4 is 23.0 Å². The van der Waals surface area contributed by atoms with Crippen LogP contribution in [0.3, 0.4) is 0 Å². The van der Waals surface area contributed by atoms with E-state index in [0.29, 0.717) is 11.6 Å². The second kappa shape index (κ2) is 5.54. The van der Waals surface area contributed by atoms with Crippen molar-refractivity contribution in [2.24, 2.45) is 5.84 Å². The molecule has 0 spiro atoms. The summed E-state index contributed by atoms with van der Waals surface area (Å²) in [5.41, 5.74) is 3.59. The summed E-state index contributed by atoms with van der Waals surface area (Å²) in [5.74, 6) is 7.79. The monoisotopic (exact) mass is 277 g/mol. The lowest BCUT2D eigenvalue weighted by Crippen LogP contribution is -2.24. The van der Waals surface area contributed by atoms with E-state index in [-0.39, 0.29) is 6.04 Å². The molecule has 0 amide bonds. The maximum atomic E-state index is 5.50. The van der Waals surface area contributed by atoms with Crippen LogP contribution in [0.25, 0.3) is 0 Å². The first-order valence-electron chi connectivity index (χ1n) is 6.12. The predicted octanol–water partition coefficient (Wildman–Crippen LogP) is 2.64. The summed E-state index contributed by atoms with van der Waals surface area (Å²) in [6.45, 7) is 6.01.